The topological polar surface area (TPSA) is 67.0 Å². The average molecular weight is 500 g/mol. The number of thioether (sulfide) groups is 1. The summed E-state index contributed by atoms with van der Waals surface area (Å²) in [5, 5.41) is 12.1. The number of nitrogens with zero attached hydrogens (tertiary/aromatic N) is 1. The molecule has 174 valence electrons. The largest absolute Gasteiger partial charge is 0.497 e. The minimum Gasteiger partial charge on any atom is -0.497 e. The van der Waals surface area contributed by atoms with Gasteiger partial charge in [-0.15, -0.1) is 11.8 Å². The number of fused-ring (bicyclic) bond motifs is 1. The van der Waals surface area contributed by atoms with E-state index in [-0.39, 0.29) is 5.91 Å². The maximum Gasteiger partial charge on any atom is 0.256 e. The number of hydrogen-bond acceptors (Lipinski definition) is 4. The number of aromatic amines is 1. The number of amides is 1. The zero-order valence-electron chi connectivity index (χ0n) is 19.1. The number of aromatic nitrogens is 2. The second-order valence-corrected chi connectivity index (χ2v) is 9.20. The lowest BCUT2D eigenvalue weighted by Crippen LogP contribution is -2.13. The van der Waals surface area contributed by atoms with Gasteiger partial charge in [0.1, 0.15) is 11.4 Å². The number of carbonyl (C=O) groups excluding carboxylic acids is 1. The summed E-state index contributed by atoms with van der Waals surface area (Å²) in [5.74, 6) is 0.521. The number of H-pyrrole nitrogens is 1. The third-order valence-corrected chi connectivity index (χ3v) is 6.86. The minimum absolute atomic E-state index is 0.212. The summed E-state index contributed by atoms with van der Waals surface area (Å²) in [7, 11) is 1.63. The van der Waals surface area contributed by atoms with Crippen LogP contribution in [-0.2, 0) is 0 Å². The maximum atomic E-state index is 13.5. The number of methoxy groups -OCH3 is 1. The van der Waals surface area contributed by atoms with Crippen LogP contribution in [0.25, 0.3) is 33.3 Å². The van der Waals surface area contributed by atoms with E-state index in [1.54, 1.807) is 31.0 Å². The van der Waals surface area contributed by atoms with Crippen molar-refractivity contribution in [2.24, 2.45) is 0 Å². The summed E-state index contributed by atoms with van der Waals surface area (Å²) in [5.41, 5.74) is 5.34. The predicted octanol–water partition coefficient (Wildman–Crippen LogP) is 7.53. The van der Waals surface area contributed by atoms with Gasteiger partial charge in [0.15, 0.2) is 0 Å². The van der Waals surface area contributed by atoms with Gasteiger partial charge in [0, 0.05) is 27.1 Å². The Labute approximate surface area is 212 Å². The highest BCUT2D eigenvalue weighted by Gasteiger charge is 2.17. The Kier molecular flexibility index (Phi) is 6.49. The Morgan fingerprint density at radius 1 is 0.971 bits per heavy atom. The van der Waals surface area contributed by atoms with Gasteiger partial charge < -0.3 is 10.1 Å². The molecule has 5 nitrogen and oxygen atoms in total. The summed E-state index contributed by atoms with van der Waals surface area (Å²) in [4.78, 5) is 14.5. The molecule has 0 saturated carbocycles. The molecule has 1 amide bonds. The van der Waals surface area contributed by atoms with E-state index < -0.39 is 0 Å². The van der Waals surface area contributed by atoms with E-state index in [0.717, 1.165) is 43.9 Å². The van der Waals surface area contributed by atoms with Crippen LogP contribution in [0.3, 0.4) is 0 Å². The Balaban J connectivity index is 1.51. The Morgan fingerprint density at radius 2 is 1.83 bits per heavy atom. The molecule has 0 aliphatic carbocycles. The Morgan fingerprint density at radius 3 is 2.66 bits per heavy atom. The number of carbonyl (C=O) groups is 1. The molecule has 0 aliphatic heterocycles. The molecule has 7 heteroatoms. The number of nitrogens with one attached hydrogen (secondary N) is 2. The molecule has 5 aromatic rings. The number of para-hydroxylation sites is 1. The molecule has 35 heavy (non-hydrogen) atoms. The van der Waals surface area contributed by atoms with E-state index in [1.165, 1.54) is 0 Å². The summed E-state index contributed by atoms with van der Waals surface area (Å²) < 4.78 is 5.39. The van der Waals surface area contributed by atoms with Gasteiger partial charge in [0.05, 0.1) is 17.6 Å². The molecule has 0 radical (unpaired) electrons. The van der Waals surface area contributed by atoms with Crippen LogP contribution in [0.1, 0.15) is 10.4 Å². The maximum absolute atomic E-state index is 13.5. The fraction of sp³-hybridized carbons (Fsp3) is 0.0714. The number of rotatable bonds is 6. The van der Waals surface area contributed by atoms with Crippen LogP contribution in [0, 0.1) is 0 Å². The van der Waals surface area contributed by atoms with Gasteiger partial charge >= 0.3 is 0 Å². The van der Waals surface area contributed by atoms with E-state index in [0.29, 0.717) is 16.3 Å². The minimum atomic E-state index is -0.212. The second-order valence-electron chi connectivity index (χ2n) is 7.91. The number of anilines is 1. The van der Waals surface area contributed by atoms with E-state index in [1.807, 2.05) is 79.1 Å². The SMILES string of the molecule is COc1cccc(-c2cc(SC)ccc2C(=O)Nc2ccc(Cl)c(-c3n[nH]c4ccccc34)c2)c1. The zero-order valence-corrected chi connectivity index (χ0v) is 20.7. The van der Waals surface area contributed by atoms with E-state index in [2.05, 4.69) is 15.5 Å². The fourth-order valence-electron chi connectivity index (χ4n) is 4.03. The first kappa shape index (κ1) is 23.0. The number of halogens is 1. The third kappa shape index (κ3) is 4.63. The van der Waals surface area contributed by atoms with Crippen LogP contribution in [0.15, 0.2) is 89.8 Å². The molecule has 1 aromatic heterocycles. The van der Waals surface area contributed by atoms with Crippen molar-refractivity contribution in [3.8, 4) is 28.1 Å². The third-order valence-electron chi connectivity index (χ3n) is 5.80. The van der Waals surface area contributed by atoms with Crippen LogP contribution in [0.5, 0.6) is 5.75 Å². The lowest BCUT2D eigenvalue weighted by atomic mass is 9.98. The first-order chi connectivity index (χ1) is 17.1. The van der Waals surface area contributed by atoms with Crippen LogP contribution in [0.4, 0.5) is 5.69 Å². The van der Waals surface area contributed by atoms with Gasteiger partial charge in [-0.05, 0) is 72.0 Å². The Hall–Kier alpha value is -3.74. The molecule has 0 aliphatic rings. The van der Waals surface area contributed by atoms with Gasteiger partial charge in [-0.1, -0.05) is 41.9 Å². The fourth-order valence-corrected chi connectivity index (χ4v) is 4.68. The van der Waals surface area contributed by atoms with Gasteiger partial charge in [0.25, 0.3) is 5.91 Å². The van der Waals surface area contributed by atoms with E-state index in [9.17, 15) is 4.79 Å². The first-order valence-corrected chi connectivity index (χ1v) is 12.5. The highest BCUT2D eigenvalue weighted by molar-refractivity contribution is 7.98. The van der Waals surface area contributed by atoms with Crippen molar-refractivity contribution in [1.29, 1.82) is 0 Å². The summed E-state index contributed by atoms with van der Waals surface area (Å²) in [6.45, 7) is 0. The molecular formula is C28H22ClN3O2S. The monoisotopic (exact) mass is 499 g/mol. The summed E-state index contributed by atoms with van der Waals surface area (Å²) >= 11 is 8.16. The van der Waals surface area contributed by atoms with Crippen LogP contribution in [0.2, 0.25) is 5.02 Å². The lowest BCUT2D eigenvalue weighted by Gasteiger charge is -2.14. The van der Waals surface area contributed by atoms with Crippen molar-refractivity contribution in [3.05, 3.63) is 95.5 Å². The second kappa shape index (κ2) is 9.86. The van der Waals surface area contributed by atoms with Crippen LogP contribution >= 0.6 is 23.4 Å². The number of benzene rings is 4. The summed E-state index contributed by atoms with van der Waals surface area (Å²) in [6.07, 6.45) is 2.01. The molecular weight excluding hydrogens is 478 g/mol. The molecule has 0 bridgehead atoms. The molecule has 0 unspecified atom stereocenters. The molecule has 0 atom stereocenters. The van der Waals surface area contributed by atoms with Crippen molar-refractivity contribution < 1.29 is 9.53 Å². The number of hydrogen-bond donors (Lipinski definition) is 2. The van der Waals surface area contributed by atoms with Crippen molar-refractivity contribution >= 4 is 45.9 Å². The predicted molar refractivity (Wildman–Crippen MR) is 145 cm³/mol. The standard InChI is InChI=1S/C28H22ClN3O2S/c1-34-19-7-5-6-17(14-19)23-16-20(35-2)11-12-21(23)28(33)30-18-10-13-25(29)24(15-18)27-22-8-3-4-9-26(22)31-32-27/h3-16H,1-2H3,(H,30,33)(H,31,32). The van der Waals surface area contributed by atoms with Crippen LogP contribution in [-0.4, -0.2) is 29.5 Å². The van der Waals surface area contributed by atoms with Crippen molar-refractivity contribution in [1.82, 2.24) is 10.2 Å². The zero-order chi connectivity index (χ0) is 24.4. The number of ether oxygens (including phenoxy) is 1. The van der Waals surface area contributed by atoms with Gasteiger partial charge in [-0.25, -0.2) is 0 Å². The lowest BCUT2D eigenvalue weighted by molar-refractivity contribution is 0.102. The first-order valence-electron chi connectivity index (χ1n) is 10.9. The molecule has 0 spiro atoms. The molecule has 0 fully saturated rings. The van der Waals surface area contributed by atoms with Gasteiger partial charge in [0.2, 0.25) is 0 Å². The normalized spacial score (nSPS) is 10.9. The molecule has 2 N–H and O–H groups in total. The van der Waals surface area contributed by atoms with Crippen molar-refractivity contribution in [2.75, 3.05) is 18.7 Å². The van der Waals surface area contributed by atoms with Crippen molar-refractivity contribution in [3.63, 3.8) is 0 Å². The summed E-state index contributed by atoms with van der Waals surface area (Å²) in [6, 6.07) is 26.8. The van der Waals surface area contributed by atoms with E-state index in [4.69, 9.17) is 16.3 Å². The molecule has 1 heterocycles. The van der Waals surface area contributed by atoms with Crippen LogP contribution < -0.4 is 10.1 Å². The van der Waals surface area contributed by atoms with E-state index >= 15 is 0 Å². The molecule has 4 aromatic carbocycles. The van der Waals surface area contributed by atoms with Gasteiger partial charge in [-0.3, -0.25) is 9.89 Å². The smallest absolute Gasteiger partial charge is 0.256 e. The highest BCUT2D eigenvalue weighted by Crippen LogP contribution is 2.35. The molecule has 5 rings (SSSR count). The molecule has 0 saturated heterocycles. The Bertz CT molecular complexity index is 1550. The van der Waals surface area contributed by atoms with Gasteiger partial charge in [-0.2, -0.15) is 5.10 Å². The van der Waals surface area contributed by atoms with Crippen molar-refractivity contribution in [2.45, 2.75) is 4.90 Å². The highest BCUT2D eigenvalue weighted by atomic mass is 35.5. The average Bonchev–Trinajstić information content (AvgIpc) is 3.33. The quantitative estimate of drug-likeness (QED) is 0.237.